The molecule has 1 fully saturated rings. The van der Waals surface area contributed by atoms with E-state index < -0.39 is 0 Å². The minimum atomic E-state index is -0.133. The summed E-state index contributed by atoms with van der Waals surface area (Å²) in [6.07, 6.45) is 8.80. The molecule has 2 atom stereocenters. The van der Waals surface area contributed by atoms with Gasteiger partial charge in [0, 0.05) is 25.6 Å². The highest BCUT2D eigenvalue weighted by atomic mass is 16.5. The molecule has 6 heteroatoms. The highest BCUT2D eigenvalue weighted by molar-refractivity contribution is 5.91. The summed E-state index contributed by atoms with van der Waals surface area (Å²) in [7, 11) is 0. The van der Waals surface area contributed by atoms with Gasteiger partial charge in [0.05, 0.1) is 12.7 Å². The maximum atomic E-state index is 12.3. The normalized spacial score (nSPS) is 21.2. The Morgan fingerprint density at radius 2 is 2.36 bits per heavy atom. The monoisotopic (exact) mass is 303 g/mol. The lowest BCUT2D eigenvalue weighted by atomic mass is 9.81. The van der Waals surface area contributed by atoms with Crippen LogP contribution >= 0.6 is 0 Å². The van der Waals surface area contributed by atoms with E-state index in [0.717, 1.165) is 12.8 Å². The molecule has 1 N–H and O–H groups in total. The van der Waals surface area contributed by atoms with Crippen LogP contribution in [0.5, 0.6) is 0 Å². The number of carbonyl (C=O) groups excluding carboxylic acids is 2. The van der Waals surface area contributed by atoms with E-state index in [1.54, 1.807) is 11.0 Å². The van der Waals surface area contributed by atoms with Gasteiger partial charge in [0.1, 0.15) is 0 Å². The first kappa shape index (κ1) is 16.1. The summed E-state index contributed by atoms with van der Waals surface area (Å²) in [5.41, 5.74) is 0. The number of likely N-dealkylation sites (tertiary alicyclic amines) is 1. The molecule has 0 aromatic carbocycles. The number of hydrogen-bond acceptors (Lipinski definition) is 4. The molecular formula is C16H21N3O3. The lowest BCUT2D eigenvalue weighted by Gasteiger charge is -2.37. The smallest absolute Gasteiger partial charge is 0.292 e. The second-order valence-electron chi connectivity index (χ2n) is 5.53. The van der Waals surface area contributed by atoms with Gasteiger partial charge in [-0.05, 0) is 18.3 Å². The molecule has 118 valence electrons. The third kappa shape index (κ3) is 3.88. The molecule has 0 unspecified atom stereocenters. The Balaban J connectivity index is 1.92. The molecule has 1 saturated heterocycles. The molecule has 22 heavy (non-hydrogen) atoms. The molecule has 0 spiro atoms. The number of nitrogens with zero attached hydrogens (tertiary/aromatic N) is 2. The molecule has 2 heterocycles. The predicted molar refractivity (Wildman–Crippen MR) is 80.8 cm³/mol. The minimum absolute atomic E-state index is 0.0172. The van der Waals surface area contributed by atoms with E-state index in [1.807, 2.05) is 0 Å². The van der Waals surface area contributed by atoms with Crippen LogP contribution in [0, 0.1) is 24.2 Å². The molecule has 2 rings (SSSR count). The number of rotatable bonds is 5. The van der Waals surface area contributed by atoms with Crippen LogP contribution in [0.3, 0.4) is 0 Å². The Morgan fingerprint density at radius 3 is 3.00 bits per heavy atom. The molecule has 0 aliphatic carbocycles. The first-order valence-electron chi connectivity index (χ1n) is 7.55. The van der Waals surface area contributed by atoms with Crippen LogP contribution in [0.2, 0.25) is 0 Å². The highest BCUT2D eigenvalue weighted by Crippen LogP contribution is 2.29. The van der Waals surface area contributed by atoms with Crippen molar-refractivity contribution in [1.82, 2.24) is 15.4 Å². The number of piperidine rings is 1. The second kappa shape index (κ2) is 7.64. The maximum absolute atomic E-state index is 12.3. The molecule has 1 aliphatic rings. The summed E-state index contributed by atoms with van der Waals surface area (Å²) < 4.78 is 4.93. The van der Waals surface area contributed by atoms with Gasteiger partial charge in [0.25, 0.3) is 5.91 Å². The number of aromatic nitrogens is 1. The van der Waals surface area contributed by atoms with Gasteiger partial charge in [-0.3, -0.25) is 9.59 Å². The van der Waals surface area contributed by atoms with Crippen LogP contribution in [0.4, 0.5) is 0 Å². The fourth-order valence-electron chi connectivity index (χ4n) is 2.94. The van der Waals surface area contributed by atoms with E-state index in [4.69, 9.17) is 10.9 Å². The lowest BCUT2D eigenvalue weighted by Crippen LogP contribution is -2.44. The van der Waals surface area contributed by atoms with Gasteiger partial charge in [0.2, 0.25) is 11.7 Å². The third-order valence-electron chi connectivity index (χ3n) is 4.19. The zero-order valence-corrected chi connectivity index (χ0v) is 12.7. The van der Waals surface area contributed by atoms with E-state index in [2.05, 4.69) is 23.3 Å². The van der Waals surface area contributed by atoms with Crippen molar-refractivity contribution in [3.63, 3.8) is 0 Å². The Bertz CT molecular complexity index is 547. The van der Waals surface area contributed by atoms with Crippen molar-refractivity contribution in [3.8, 4) is 12.3 Å². The van der Waals surface area contributed by atoms with E-state index in [-0.39, 0.29) is 30.0 Å². The van der Waals surface area contributed by atoms with Crippen molar-refractivity contribution in [3.05, 3.63) is 18.0 Å². The quantitative estimate of drug-likeness (QED) is 0.832. The predicted octanol–water partition coefficient (Wildman–Crippen LogP) is 1.30. The molecule has 0 radical (unpaired) electrons. The summed E-state index contributed by atoms with van der Waals surface area (Å²) in [4.78, 5) is 25.9. The summed E-state index contributed by atoms with van der Waals surface area (Å²) in [5, 5.41) is 6.27. The van der Waals surface area contributed by atoms with Crippen molar-refractivity contribution < 1.29 is 14.1 Å². The van der Waals surface area contributed by atoms with E-state index >= 15 is 0 Å². The zero-order chi connectivity index (χ0) is 15.9. The summed E-state index contributed by atoms with van der Waals surface area (Å²) in [5.74, 6) is 3.09. The van der Waals surface area contributed by atoms with E-state index in [9.17, 15) is 9.59 Å². The van der Waals surface area contributed by atoms with Gasteiger partial charge >= 0.3 is 0 Å². The van der Waals surface area contributed by atoms with Crippen LogP contribution < -0.4 is 5.32 Å². The van der Waals surface area contributed by atoms with Crippen molar-refractivity contribution in [2.24, 2.45) is 11.8 Å². The molecule has 0 bridgehead atoms. The van der Waals surface area contributed by atoms with Crippen LogP contribution in [-0.4, -0.2) is 41.5 Å². The van der Waals surface area contributed by atoms with Crippen molar-refractivity contribution in [2.75, 3.05) is 19.6 Å². The summed E-state index contributed by atoms with van der Waals surface area (Å²) >= 11 is 0. The minimum Gasteiger partial charge on any atom is -0.351 e. The van der Waals surface area contributed by atoms with Gasteiger partial charge in [-0.1, -0.05) is 24.4 Å². The van der Waals surface area contributed by atoms with Gasteiger partial charge in [-0.25, -0.2) is 0 Å². The first-order valence-corrected chi connectivity index (χ1v) is 7.55. The SMILES string of the molecule is C#CCNC(=O)C[C@@H]1CCN(C(=O)c2ccno2)C[C@@H]1CC. The van der Waals surface area contributed by atoms with Gasteiger partial charge in [-0.2, -0.15) is 0 Å². The Hall–Kier alpha value is -2.29. The lowest BCUT2D eigenvalue weighted by molar-refractivity contribution is -0.122. The van der Waals surface area contributed by atoms with Crippen molar-refractivity contribution in [2.45, 2.75) is 26.2 Å². The fraction of sp³-hybridized carbons (Fsp3) is 0.562. The molecule has 1 aliphatic heterocycles. The number of carbonyl (C=O) groups is 2. The van der Waals surface area contributed by atoms with Gasteiger partial charge in [-0.15, -0.1) is 6.42 Å². The standard InChI is InChI=1S/C16H21N3O3/c1-3-7-17-15(20)10-13-6-9-19(11-12(13)4-2)16(21)14-5-8-18-22-14/h1,5,8,12-13H,4,6-7,9-11H2,2H3,(H,17,20)/t12-,13-/m0/s1. The van der Waals surface area contributed by atoms with Crippen LogP contribution in [-0.2, 0) is 4.79 Å². The molecule has 2 amide bonds. The van der Waals surface area contributed by atoms with Crippen LogP contribution in [0.15, 0.2) is 16.8 Å². The molecule has 0 saturated carbocycles. The van der Waals surface area contributed by atoms with Crippen molar-refractivity contribution >= 4 is 11.8 Å². The molecule has 6 nitrogen and oxygen atoms in total. The van der Waals surface area contributed by atoms with E-state index in [1.165, 1.54) is 6.20 Å². The van der Waals surface area contributed by atoms with Gasteiger partial charge < -0.3 is 14.7 Å². The zero-order valence-electron chi connectivity index (χ0n) is 12.7. The Kier molecular flexibility index (Phi) is 5.59. The third-order valence-corrected chi connectivity index (χ3v) is 4.19. The first-order chi connectivity index (χ1) is 10.7. The largest absolute Gasteiger partial charge is 0.351 e. The summed E-state index contributed by atoms with van der Waals surface area (Å²) in [6, 6.07) is 1.57. The number of nitrogens with one attached hydrogen (secondary N) is 1. The molecule has 1 aromatic heterocycles. The number of amides is 2. The van der Waals surface area contributed by atoms with Crippen LogP contribution in [0.1, 0.15) is 36.7 Å². The highest BCUT2D eigenvalue weighted by Gasteiger charge is 2.32. The maximum Gasteiger partial charge on any atom is 0.292 e. The fourth-order valence-corrected chi connectivity index (χ4v) is 2.94. The number of terminal acetylenes is 1. The average Bonchev–Trinajstić information content (AvgIpc) is 3.07. The Labute approximate surface area is 130 Å². The molecule has 1 aromatic rings. The van der Waals surface area contributed by atoms with Crippen molar-refractivity contribution in [1.29, 1.82) is 0 Å². The Morgan fingerprint density at radius 1 is 1.55 bits per heavy atom. The average molecular weight is 303 g/mol. The van der Waals surface area contributed by atoms with Crippen LogP contribution in [0.25, 0.3) is 0 Å². The van der Waals surface area contributed by atoms with E-state index in [0.29, 0.717) is 25.4 Å². The molecular weight excluding hydrogens is 282 g/mol. The second-order valence-corrected chi connectivity index (χ2v) is 5.53. The van der Waals surface area contributed by atoms with Gasteiger partial charge in [0.15, 0.2) is 0 Å². The number of hydrogen-bond donors (Lipinski definition) is 1. The topological polar surface area (TPSA) is 75.4 Å². The summed E-state index contributed by atoms with van der Waals surface area (Å²) in [6.45, 7) is 3.62.